The predicted molar refractivity (Wildman–Crippen MR) is 71.2 cm³/mol. The molecule has 16 heavy (non-hydrogen) atoms. The molecule has 0 spiro atoms. The summed E-state index contributed by atoms with van der Waals surface area (Å²) in [6.07, 6.45) is 3.85. The lowest BCUT2D eigenvalue weighted by Gasteiger charge is -2.26. The Morgan fingerprint density at radius 3 is 2.56 bits per heavy atom. The van der Waals surface area contributed by atoms with Crippen molar-refractivity contribution >= 4 is 11.8 Å². The van der Waals surface area contributed by atoms with Crippen LogP contribution in [0.25, 0.3) is 0 Å². The molecular formula is C13H20N2S. The van der Waals surface area contributed by atoms with Crippen LogP contribution in [0.3, 0.4) is 0 Å². The highest BCUT2D eigenvalue weighted by Crippen LogP contribution is 2.30. The highest BCUT2D eigenvalue weighted by molar-refractivity contribution is 7.99. The summed E-state index contributed by atoms with van der Waals surface area (Å²) in [4.78, 5) is 0. The zero-order valence-corrected chi connectivity index (χ0v) is 10.4. The second-order valence-corrected chi connectivity index (χ2v) is 5.65. The van der Waals surface area contributed by atoms with E-state index in [1.807, 2.05) is 6.07 Å². The van der Waals surface area contributed by atoms with E-state index < -0.39 is 0 Å². The fraction of sp³-hybridized carbons (Fsp3) is 0.538. The van der Waals surface area contributed by atoms with Gasteiger partial charge in [-0.1, -0.05) is 30.3 Å². The predicted octanol–water partition coefficient (Wildman–Crippen LogP) is 2.72. The second kappa shape index (κ2) is 6.28. The maximum absolute atomic E-state index is 5.67. The number of rotatable bonds is 4. The van der Waals surface area contributed by atoms with Crippen molar-refractivity contribution in [2.24, 2.45) is 11.8 Å². The first-order valence-corrected chi connectivity index (χ1v) is 7.14. The standard InChI is InChI=1S/C13H20N2S/c14-15-13(12-4-2-1-3-5-12)10-11-6-8-16-9-7-11/h1-5,11,13,15H,6-10,14H2. The third-order valence-corrected chi connectivity index (χ3v) is 4.36. The Bertz CT molecular complexity index is 296. The summed E-state index contributed by atoms with van der Waals surface area (Å²) in [5, 5.41) is 0. The molecule has 1 heterocycles. The van der Waals surface area contributed by atoms with E-state index in [-0.39, 0.29) is 0 Å². The van der Waals surface area contributed by atoms with Crippen LogP contribution in [0.5, 0.6) is 0 Å². The Kier molecular flexibility index (Phi) is 4.69. The molecule has 1 aliphatic rings. The first kappa shape index (κ1) is 12.0. The molecule has 0 saturated carbocycles. The summed E-state index contributed by atoms with van der Waals surface area (Å²) in [6.45, 7) is 0. The maximum atomic E-state index is 5.67. The third-order valence-electron chi connectivity index (χ3n) is 3.31. The van der Waals surface area contributed by atoms with Crippen molar-refractivity contribution in [2.75, 3.05) is 11.5 Å². The van der Waals surface area contributed by atoms with Gasteiger partial charge in [-0.25, -0.2) is 0 Å². The molecule has 1 unspecified atom stereocenters. The molecule has 1 atom stereocenters. The maximum Gasteiger partial charge on any atom is 0.0462 e. The normalized spacial score (nSPS) is 19.6. The van der Waals surface area contributed by atoms with Gasteiger partial charge in [0.15, 0.2) is 0 Å². The number of thioether (sulfide) groups is 1. The molecule has 3 N–H and O–H groups in total. The summed E-state index contributed by atoms with van der Waals surface area (Å²) in [7, 11) is 0. The summed E-state index contributed by atoms with van der Waals surface area (Å²) in [5.41, 5.74) is 4.27. The van der Waals surface area contributed by atoms with Crippen LogP contribution in [-0.2, 0) is 0 Å². The van der Waals surface area contributed by atoms with Crippen LogP contribution >= 0.6 is 11.8 Å². The summed E-state index contributed by atoms with van der Waals surface area (Å²) >= 11 is 2.08. The van der Waals surface area contributed by atoms with Crippen LogP contribution in [0.15, 0.2) is 30.3 Å². The lowest BCUT2D eigenvalue weighted by molar-refractivity contribution is 0.374. The SMILES string of the molecule is NNC(CC1CCSCC1)c1ccccc1. The minimum absolute atomic E-state index is 0.314. The molecule has 0 radical (unpaired) electrons. The van der Waals surface area contributed by atoms with Crippen molar-refractivity contribution in [3.63, 3.8) is 0 Å². The van der Waals surface area contributed by atoms with Gasteiger partial charge in [-0.05, 0) is 42.2 Å². The first-order valence-electron chi connectivity index (χ1n) is 5.99. The molecule has 1 aromatic rings. The minimum atomic E-state index is 0.314. The fourth-order valence-corrected chi connectivity index (χ4v) is 3.51. The van der Waals surface area contributed by atoms with Crippen LogP contribution < -0.4 is 11.3 Å². The van der Waals surface area contributed by atoms with Gasteiger partial charge in [-0.2, -0.15) is 11.8 Å². The van der Waals surface area contributed by atoms with E-state index in [2.05, 4.69) is 41.5 Å². The van der Waals surface area contributed by atoms with Crippen molar-refractivity contribution < 1.29 is 0 Å². The van der Waals surface area contributed by atoms with Crippen molar-refractivity contribution in [3.05, 3.63) is 35.9 Å². The molecule has 2 nitrogen and oxygen atoms in total. The first-order chi connectivity index (χ1) is 7.90. The molecule has 0 bridgehead atoms. The minimum Gasteiger partial charge on any atom is -0.271 e. The average Bonchev–Trinajstić information content (AvgIpc) is 2.38. The topological polar surface area (TPSA) is 38.0 Å². The molecule has 1 saturated heterocycles. The molecule has 3 heteroatoms. The van der Waals surface area contributed by atoms with Crippen LogP contribution in [0, 0.1) is 5.92 Å². The van der Waals surface area contributed by atoms with E-state index in [0.29, 0.717) is 6.04 Å². The molecule has 88 valence electrons. The number of nitrogens with two attached hydrogens (primary N) is 1. The Morgan fingerprint density at radius 2 is 1.94 bits per heavy atom. The van der Waals surface area contributed by atoms with Crippen molar-refractivity contribution in [1.29, 1.82) is 0 Å². The second-order valence-electron chi connectivity index (χ2n) is 4.42. The molecule has 0 amide bonds. The van der Waals surface area contributed by atoms with Gasteiger partial charge in [-0.3, -0.25) is 11.3 Å². The third kappa shape index (κ3) is 3.24. The molecule has 1 fully saturated rings. The van der Waals surface area contributed by atoms with Gasteiger partial charge in [0.25, 0.3) is 0 Å². The van der Waals surface area contributed by atoms with Gasteiger partial charge in [0.1, 0.15) is 0 Å². The van der Waals surface area contributed by atoms with E-state index in [1.165, 1.54) is 36.3 Å². The van der Waals surface area contributed by atoms with Gasteiger partial charge in [0.2, 0.25) is 0 Å². The number of hydrogen-bond donors (Lipinski definition) is 2. The number of hydrazine groups is 1. The van der Waals surface area contributed by atoms with Crippen molar-refractivity contribution in [3.8, 4) is 0 Å². The number of benzene rings is 1. The highest BCUT2D eigenvalue weighted by Gasteiger charge is 2.19. The Balaban J connectivity index is 1.94. The number of nitrogens with one attached hydrogen (secondary N) is 1. The van der Waals surface area contributed by atoms with Crippen molar-refractivity contribution in [2.45, 2.75) is 25.3 Å². The van der Waals surface area contributed by atoms with Crippen LogP contribution in [0.4, 0.5) is 0 Å². The average molecular weight is 236 g/mol. The highest BCUT2D eigenvalue weighted by atomic mass is 32.2. The Morgan fingerprint density at radius 1 is 1.25 bits per heavy atom. The molecule has 2 rings (SSSR count). The van der Waals surface area contributed by atoms with Gasteiger partial charge < -0.3 is 0 Å². The van der Waals surface area contributed by atoms with E-state index in [0.717, 1.165) is 5.92 Å². The zero-order chi connectivity index (χ0) is 11.2. The largest absolute Gasteiger partial charge is 0.271 e. The van der Waals surface area contributed by atoms with Crippen LogP contribution in [0.2, 0.25) is 0 Å². The van der Waals surface area contributed by atoms with E-state index >= 15 is 0 Å². The smallest absolute Gasteiger partial charge is 0.0462 e. The van der Waals surface area contributed by atoms with Gasteiger partial charge >= 0.3 is 0 Å². The van der Waals surface area contributed by atoms with Crippen LogP contribution in [-0.4, -0.2) is 11.5 Å². The zero-order valence-electron chi connectivity index (χ0n) is 9.56. The molecular weight excluding hydrogens is 216 g/mol. The Hall–Kier alpha value is -0.510. The summed E-state index contributed by atoms with van der Waals surface area (Å²) in [6, 6.07) is 10.8. The quantitative estimate of drug-likeness (QED) is 0.623. The lowest BCUT2D eigenvalue weighted by Crippen LogP contribution is -2.30. The number of hydrogen-bond acceptors (Lipinski definition) is 3. The summed E-state index contributed by atoms with van der Waals surface area (Å²) < 4.78 is 0. The van der Waals surface area contributed by atoms with E-state index in [4.69, 9.17) is 5.84 Å². The molecule has 1 aliphatic heterocycles. The van der Waals surface area contributed by atoms with Crippen LogP contribution in [0.1, 0.15) is 30.9 Å². The van der Waals surface area contributed by atoms with Gasteiger partial charge in [-0.15, -0.1) is 0 Å². The van der Waals surface area contributed by atoms with Gasteiger partial charge in [0, 0.05) is 6.04 Å². The van der Waals surface area contributed by atoms with Gasteiger partial charge in [0.05, 0.1) is 0 Å². The molecule has 0 aliphatic carbocycles. The molecule has 0 aromatic heterocycles. The van der Waals surface area contributed by atoms with E-state index in [1.54, 1.807) is 0 Å². The fourth-order valence-electron chi connectivity index (χ4n) is 2.30. The summed E-state index contributed by atoms with van der Waals surface area (Å²) in [5.74, 6) is 9.13. The van der Waals surface area contributed by atoms with E-state index in [9.17, 15) is 0 Å². The Labute approximate surface area is 102 Å². The lowest BCUT2D eigenvalue weighted by atomic mass is 9.91. The molecule has 1 aromatic carbocycles. The van der Waals surface area contributed by atoms with Crippen molar-refractivity contribution in [1.82, 2.24) is 5.43 Å². The monoisotopic (exact) mass is 236 g/mol.